The van der Waals surface area contributed by atoms with E-state index >= 15 is 0 Å². The van der Waals surface area contributed by atoms with Gasteiger partial charge in [-0.15, -0.1) is 10.2 Å². The number of hydrogen-bond acceptors (Lipinski definition) is 5. The summed E-state index contributed by atoms with van der Waals surface area (Å²) in [7, 11) is 1.95. The summed E-state index contributed by atoms with van der Waals surface area (Å²) in [5, 5.41) is 17.4. The van der Waals surface area contributed by atoms with Crippen LogP contribution >= 0.6 is 0 Å². The van der Waals surface area contributed by atoms with E-state index < -0.39 is 0 Å². The van der Waals surface area contributed by atoms with E-state index in [0.717, 1.165) is 23.8 Å². The molecule has 0 saturated heterocycles. The smallest absolute Gasteiger partial charge is 0.146 e. The van der Waals surface area contributed by atoms with E-state index in [1.807, 2.05) is 36.9 Å². The maximum atomic E-state index is 9.17. The molecule has 2 rings (SSSR count). The summed E-state index contributed by atoms with van der Waals surface area (Å²) < 4.78 is 1.97. The lowest BCUT2D eigenvalue weighted by Crippen LogP contribution is -2.27. The SMILES string of the molecule is Cc1nnc(CN(CCO)Cc2cccnc2)n1C. The van der Waals surface area contributed by atoms with Crippen molar-refractivity contribution < 1.29 is 5.11 Å². The number of aliphatic hydroxyl groups is 1. The van der Waals surface area contributed by atoms with Crippen molar-refractivity contribution in [2.45, 2.75) is 20.0 Å². The highest BCUT2D eigenvalue weighted by Crippen LogP contribution is 2.07. The second-order valence-corrected chi connectivity index (χ2v) is 4.52. The van der Waals surface area contributed by atoms with Crippen LogP contribution in [0.5, 0.6) is 0 Å². The molecule has 0 aliphatic rings. The molecule has 0 unspecified atom stereocenters. The minimum atomic E-state index is 0.122. The number of aromatic nitrogens is 4. The van der Waals surface area contributed by atoms with E-state index in [0.29, 0.717) is 13.1 Å². The van der Waals surface area contributed by atoms with Gasteiger partial charge >= 0.3 is 0 Å². The van der Waals surface area contributed by atoms with Crippen LogP contribution in [0.15, 0.2) is 24.5 Å². The normalized spacial score (nSPS) is 11.2. The van der Waals surface area contributed by atoms with Gasteiger partial charge in [-0.05, 0) is 18.6 Å². The molecule has 2 heterocycles. The Balaban J connectivity index is 2.06. The van der Waals surface area contributed by atoms with Gasteiger partial charge in [0.1, 0.15) is 11.6 Å². The molecule has 0 saturated carbocycles. The summed E-state index contributed by atoms with van der Waals surface area (Å²) >= 11 is 0. The fraction of sp³-hybridized carbons (Fsp3) is 0.462. The highest BCUT2D eigenvalue weighted by atomic mass is 16.3. The Morgan fingerprint density at radius 2 is 2.16 bits per heavy atom. The molecule has 0 spiro atoms. The molecule has 6 nitrogen and oxygen atoms in total. The molecule has 0 aliphatic carbocycles. The summed E-state index contributed by atoms with van der Waals surface area (Å²) in [4.78, 5) is 6.23. The van der Waals surface area contributed by atoms with Crippen molar-refractivity contribution >= 4 is 0 Å². The lowest BCUT2D eigenvalue weighted by Gasteiger charge is -2.20. The topological polar surface area (TPSA) is 67.1 Å². The van der Waals surface area contributed by atoms with Crippen molar-refractivity contribution in [1.82, 2.24) is 24.6 Å². The Kier molecular flexibility index (Phi) is 4.59. The summed E-state index contributed by atoms with van der Waals surface area (Å²) in [5.41, 5.74) is 1.12. The molecule has 6 heteroatoms. The fourth-order valence-corrected chi connectivity index (χ4v) is 1.89. The second kappa shape index (κ2) is 6.40. The lowest BCUT2D eigenvalue weighted by molar-refractivity contribution is 0.180. The standard InChI is InChI=1S/C13H19N5O/c1-11-15-16-13(17(11)2)10-18(6-7-19)9-12-4-3-5-14-8-12/h3-5,8,19H,6-7,9-10H2,1-2H3. The summed E-state index contributed by atoms with van der Waals surface area (Å²) in [6.45, 7) is 4.04. The van der Waals surface area contributed by atoms with Gasteiger partial charge in [-0.2, -0.15) is 0 Å². The third-order valence-corrected chi connectivity index (χ3v) is 3.09. The van der Waals surface area contributed by atoms with Crippen LogP contribution in [0.3, 0.4) is 0 Å². The molecule has 0 radical (unpaired) electrons. The zero-order valence-electron chi connectivity index (χ0n) is 11.3. The van der Waals surface area contributed by atoms with Crippen molar-refractivity contribution in [3.63, 3.8) is 0 Å². The average molecular weight is 261 g/mol. The van der Waals surface area contributed by atoms with E-state index in [4.69, 9.17) is 5.11 Å². The molecular formula is C13H19N5O. The van der Waals surface area contributed by atoms with Gasteiger partial charge in [-0.3, -0.25) is 9.88 Å². The number of rotatable bonds is 6. The zero-order valence-corrected chi connectivity index (χ0v) is 11.3. The van der Waals surface area contributed by atoms with Gasteiger partial charge in [0.2, 0.25) is 0 Å². The molecule has 2 aromatic rings. The van der Waals surface area contributed by atoms with Gasteiger partial charge in [0.15, 0.2) is 0 Å². The highest BCUT2D eigenvalue weighted by molar-refractivity contribution is 5.08. The summed E-state index contributed by atoms with van der Waals surface area (Å²) in [5.74, 6) is 1.79. The predicted molar refractivity (Wildman–Crippen MR) is 71.2 cm³/mol. The van der Waals surface area contributed by atoms with E-state index in [1.165, 1.54) is 0 Å². The zero-order chi connectivity index (χ0) is 13.7. The summed E-state index contributed by atoms with van der Waals surface area (Å²) in [6, 6.07) is 3.94. The second-order valence-electron chi connectivity index (χ2n) is 4.52. The lowest BCUT2D eigenvalue weighted by atomic mass is 10.2. The van der Waals surface area contributed by atoms with Crippen LogP contribution in [-0.2, 0) is 20.1 Å². The van der Waals surface area contributed by atoms with Crippen molar-refractivity contribution in [3.8, 4) is 0 Å². The fourth-order valence-electron chi connectivity index (χ4n) is 1.89. The minimum Gasteiger partial charge on any atom is -0.395 e. The predicted octanol–water partition coefficient (Wildman–Crippen LogP) is 0.513. The quantitative estimate of drug-likeness (QED) is 0.821. The first-order valence-electron chi connectivity index (χ1n) is 6.27. The molecule has 2 aromatic heterocycles. The molecule has 0 fully saturated rings. The van der Waals surface area contributed by atoms with Crippen molar-refractivity contribution in [2.24, 2.45) is 7.05 Å². The Morgan fingerprint density at radius 1 is 1.32 bits per heavy atom. The van der Waals surface area contributed by atoms with Crippen LogP contribution in [-0.4, -0.2) is 42.9 Å². The summed E-state index contributed by atoms with van der Waals surface area (Å²) in [6.07, 6.45) is 3.60. The third kappa shape index (κ3) is 3.59. The minimum absolute atomic E-state index is 0.122. The first-order chi connectivity index (χ1) is 9.20. The Bertz CT molecular complexity index is 511. The van der Waals surface area contributed by atoms with Gasteiger partial charge in [0.05, 0.1) is 13.2 Å². The number of hydrogen-bond donors (Lipinski definition) is 1. The van der Waals surface area contributed by atoms with E-state index in [9.17, 15) is 0 Å². The van der Waals surface area contributed by atoms with Crippen LogP contribution in [0.2, 0.25) is 0 Å². The van der Waals surface area contributed by atoms with Crippen molar-refractivity contribution in [2.75, 3.05) is 13.2 Å². The van der Waals surface area contributed by atoms with Crippen LogP contribution in [0.1, 0.15) is 17.2 Å². The average Bonchev–Trinajstić information content (AvgIpc) is 2.72. The van der Waals surface area contributed by atoms with Gasteiger partial charge < -0.3 is 9.67 Å². The molecule has 0 aliphatic heterocycles. The number of pyridine rings is 1. The maximum absolute atomic E-state index is 9.17. The van der Waals surface area contributed by atoms with Crippen molar-refractivity contribution in [3.05, 3.63) is 41.7 Å². The van der Waals surface area contributed by atoms with Crippen LogP contribution in [0.4, 0.5) is 0 Å². The molecule has 102 valence electrons. The largest absolute Gasteiger partial charge is 0.395 e. The number of nitrogens with zero attached hydrogens (tertiary/aromatic N) is 5. The molecule has 0 aromatic carbocycles. The Hall–Kier alpha value is -1.79. The third-order valence-electron chi connectivity index (χ3n) is 3.09. The highest BCUT2D eigenvalue weighted by Gasteiger charge is 2.11. The van der Waals surface area contributed by atoms with Gasteiger partial charge in [-0.25, -0.2) is 0 Å². The monoisotopic (exact) mass is 261 g/mol. The maximum Gasteiger partial charge on any atom is 0.146 e. The van der Waals surface area contributed by atoms with Gasteiger partial charge in [0.25, 0.3) is 0 Å². The molecule has 1 N–H and O–H groups in total. The molecular weight excluding hydrogens is 242 g/mol. The number of aliphatic hydroxyl groups excluding tert-OH is 1. The van der Waals surface area contributed by atoms with E-state index in [-0.39, 0.29) is 6.61 Å². The van der Waals surface area contributed by atoms with Gasteiger partial charge in [-0.1, -0.05) is 6.07 Å². The van der Waals surface area contributed by atoms with Gasteiger partial charge in [0, 0.05) is 32.5 Å². The van der Waals surface area contributed by atoms with Crippen LogP contribution in [0.25, 0.3) is 0 Å². The van der Waals surface area contributed by atoms with Crippen LogP contribution in [0, 0.1) is 6.92 Å². The first-order valence-corrected chi connectivity index (χ1v) is 6.27. The van der Waals surface area contributed by atoms with Crippen molar-refractivity contribution in [1.29, 1.82) is 0 Å². The van der Waals surface area contributed by atoms with E-state index in [1.54, 1.807) is 6.20 Å². The molecule has 0 atom stereocenters. The Morgan fingerprint density at radius 3 is 2.74 bits per heavy atom. The molecule has 0 amide bonds. The molecule has 19 heavy (non-hydrogen) atoms. The molecule has 0 bridgehead atoms. The number of aryl methyl sites for hydroxylation is 1. The van der Waals surface area contributed by atoms with E-state index in [2.05, 4.69) is 20.1 Å². The Labute approximate surface area is 112 Å². The van der Waals surface area contributed by atoms with Crippen LogP contribution < -0.4 is 0 Å². The first kappa shape index (κ1) is 13.6.